The lowest BCUT2D eigenvalue weighted by Gasteiger charge is -2.69. The summed E-state index contributed by atoms with van der Waals surface area (Å²) in [4.78, 5) is 40.0. The Morgan fingerprint density at radius 3 is 2.25 bits per heavy atom. The average molecular weight is 550 g/mol. The molecule has 5 aliphatic rings. The van der Waals surface area contributed by atoms with E-state index in [-0.39, 0.29) is 51.2 Å². The number of methoxy groups -OCH3 is 1. The predicted octanol–water partition coefficient (Wildman–Crippen LogP) is 6.95. The smallest absolute Gasteiger partial charge is 0.312 e. The van der Waals surface area contributed by atoms with Gasteiger partial charge in [0, 0.05) is 24.2 Å². The van der Waals surface area contributed by atoms with Crippen LogP contribution in [0.4, 0.5) is 0 Å². The van der Waals surface area contributed by atoms with Crippen molar-refractivity contribution in [1.82, 2.24) is 0 Å². The molecule has 0 aliphatic heterocycles. The molecule has 0 N–H and O–H groups in total. The van der Waals surface area contributed by atoms with Crippen molar-refractivity contribution in [1.29, 1.82) is 5.26 Å². The number of rotatable bonds is 2. The van der Waals surface area contributed by atoms with Crippen LogP contribution in [0, 0.1) is 67.5 Å². The summed E-state index contributed by atoms with van der Waals surface area (Å²) in [6.07, 6.45) is 9.39. The topological polar surface area (TPSA) is 93.5 Å². The Kier molecular flexibility index (Phi) is 6.39. The molecule has 5 rings (SSSR count). The molecule has 5 aliphatic carbocycles. The first kappa shape index (κ1) is 29.1. The maximum atomic E-state index is 14.6. The Morgan fingerprint density at radius 1 is 1.00 bits per heavy atom. The Labute approximate surface area is 239 Å². The fourth-order valence-electron chi connectivity index (χ4n) is 10.7. The lowest BCUT2D eigenvalue weighted by molar-refractivity contribution is -0.198. The van der Waals surface area contributed by atoms with Crippen molar-refractivity contribution in [3.8, 4) is 6.07 Å². The number of ketones is 1. The molecule has 1 unspecified atom stereocenters. The number of allylic oxidation sites excluding steroid dienone is 4. The zero-order chi connectivity index (χ0) is 29.7. The molecule has 40 heavy (non-hydrogen) atoms. The lowest BCUT2D eigenvalue weighted by Crippen LogP contribution is -2.67. The quantitative estimate of drug-likeness (QED) is 0.346. The molecule has 6 heteroatoms. The van der Waals surface area contributed by atoms with Gasteiger partial charge in [-0.25, -0.2) is 0 Å². The average Bonchev–Trinajstić information content (AvgIpc) is 2.86. The highest BCUT2D eigenvalue weighted by Gasteiger charge is 2.72. The van der Waals surface area contributed by atoms with Crippen molar-refractivity contribution < 1.29 is 23.9 Å². The molecule has 218 valence electrons. The Hall–Kier alpha value is -2.42. The summed E-state index contributed by atoms with van der Waals surface area (Å²) in [5.74, 6) is -0.742. The van der Waals surface area contributed by atoms with E-state index < -0.39 is 22.7 Å². The van der Waals surface area contributed by atoms with Gasteiger partial charge in [0.15, 0.2) is 5.78 Å². The van der Waals surface area contributed by atoms with Gasteiger partial charge in [-0.1, -0.05) is 54.0 Å². The van der Waals surface area contributed by atoms with E-state index in [1.54, 1.807) is 0 Å². The van der Waals surface area contributed by atoms with Gasteiger partial charge < -0.3 is 9.47 Å². The predicted molar refractivity (Wildman–Crippen MR) is 151 cm³/mol. The molecule has 0 aromatic heterocycles. The van der Waals surface area contributed by atoms with Gasteiger partial charge in [0.05, 0.1) is 24.5 Å². The van der Waals surface area contributed by atoms with Crippen molar-refractivity contribution >= 4 is 17.7 Å². The minimum Gasteiger partial charge on any atom is -0.469 e. The summed E-state index contributed by atoms with van der Waals surface area (Å²) >= 11 is 0. The molecule has 0 saturated heterocycles. The van der Waals surface area contributed by atoms with Gasteiger partial charge in [0.2, 0.25) is 0 Å². The van der Waals surface area contributed by atoms with Gasteiger partial charge in [0.25, 0.3) is 0 Å². The van der Waals surface area contributed by atoms with Crippen molar-refractivity contribution in [2.24, 2.45) is 56.2 Å². The Bertz CT molecular complexity index is 1270. The van der Waals surface area contributed by atoms with Crippen molar-refractivity contribution in [3.63, 3.8) is 0 Å². The van der Waals surface area contributed by atoms with E-state index in [2.05, 4.69) is 60.6 Å². The lowest BCUT2D eigenvalue weighted by atomic mass is 9.33. The molecular formula is C34H47NO5. The van der Waals surface area contributed by atoms with Crippen LogP contribution in [-0.4, -0.2) is 24.8 Å². The van der Waals surface area contributed by atoms with Crippen molar-refractivity contribution in [3.05, 3.63) is 23.5 Å². The minimum atomic E-state index is -0.804. The van der Waals surface area contributed by atoms with Crippen LogP contribution in [0.3, 0.4) is 0 Å². The van der Waals surface area contributed by atoms with Gasteiger partial charge in [-0.15, -0.1) is 0 Å². The molecule has 0 radical (unpaired) electrons. The Balaban J connectivity index is 1.68. The number of nitriles is 1. The number of esters is 2. The summed E-state index contributed by atoms with van der Waals surface area (Å²) in [7, 11) is 1.44. The molecule has 3 fully saturated rings. The summed E-state index contributed by atoms with van der Waals surface area (Å²) < 4.78 is 11.1. The first-order valence-electron chi connectivity index (χ1n) is 15.1. The van der Waals surface area contributed by atoms with E-state index in [4.69, 9.17) is 9.47 Å². The Morgan fingerprint density at radius 2 is 1.65 bits per heavy atom. The first-order chi connectivity index (χ1) is 18.5. The van der Waals surface area contributed by atoms with Crippen LogP contribution in [0.5, 0.6) is 0 Å². The molecule has 0 aromatic rings. The third-order valence-electron chi connectivity index (χ3n) is 13.2. The molecule has 0 amide bonds. The second-order valence-electron chi connectivity index (χ2n) is 15.6. The van der Waals surface area contributed by atoms with Gasteiger partial charge in [-0.2, -0.15) is 5.26 Å². The number of carbonyl (C=O) groups excluding carboxylic acids is 3. The largest absolute Gasteiger partial charge is 0.469 e. The highest BCUT2D eigenvalue weighted by Crippen LogP contribution is 2.75. The molecule has 0 aromatic carbocycles. The molecule has 8 atom stereocenters. The van der Waals surface area contributed by atoms with E-state index in [1.165, 1.54) is 19.6 Å². The number of fused-ring (bicyclic) bond motifs is 7. The first-order valence-corrected chi connectivity index (χ1v) is 15.1. The van der Waals surface area contributed by atoms with E-state index in [1.807, 2.05) is 6.08 Å². The summed E-state index contributed by atoms with van der Waals surface area (Å²) in [5.41, 5.74) is -1.16. The molecule has 0 heterocycles. The zero-order valence-corrected chi connectivity index (χ0v) is 25.9. The van der Waals surface area contributed by atoms with Crippen LogP contribution >= 0.6 is 0 Å². The van der Waals surface area contributed by atoms with E-state index >= 15 is 0 Å². The molecular weight excluding hydrogens is 502 g/mol. The van der Waals surface area contributed by atoms with Gasteiger partial charge >= 0.3 is 11.9 Å². The van der Waals surface area contributed by atoms with Crippen molar-refractivity contribution in [2.75, 3.05) is 7.11 Å². The van der Waals surface area contributed by atoms with Crippen LogP contribution in [0.2, 0.25) is 0 Å². The summed E-state index contributed by atoms with van der Waals surface area (Å²) in [5, 5.41) is 10.6. The standard InChI is InChI=1S/C34H47NO5/c1-20(36)40-25-11-12-31(6)23(30(25,4)5)10-13-32(7)24(31)18-22(37)27-26-21(19-35)29(2,3)14-16-34(26,28(38)39-9)17-15-33(27,32)8/h11,18,21,23,26-27H,10,12-17H2,1-9H3/t21?,23-,26-,27+,31-,32+,33+,34-/m0/s1. The van der Waals surface area contributed by atoms with Gasteiger partial charge in [-0.05, 0) is 84.7 Å². The number of nitrogens with zero attached hydrogens (tertiary/aromatic N) is 1. The van der Waals surface area contributed by atoms with Crippen LogP contribution in [0.25, 0.3) is 0 Å². The fourth-order valence-corrected chi connectivity index (χ4v) is 10.7. The highest BCUT2D eigenvalue weighted by molar-refractivity contribution is 5.96. The van der Waals surface area contributed by atoms with E-state index in [0.29, 0.717) is 19.3 Å². The molecule has 0 bridgehead atoms. The fraction of sp³-hybridized carbons (Fsp3) is 0.765. The third-order valence-corrected chi connectivity index (χ3v) is 13.2. The van der Waals surface area contributed by atoms with Crippen LogP contribution in [0.15, 0.2) is 23.5 Å². The monoisotopic (exact) mass is 549 g/mol. The molecule has 0 spiro atoms. The molecule has 6 nitrogen and oxygen atoms in total. The van der Waals surface area contributed by atoms with Crippen LogP contribution in [-0.2, 0) is 23.9 Å². The second-order valence-corrected chi connectivity index (χ2v) is 15.6. The highest BCUT2D eigenvalue weighted by atomic mass is 16.5. The van der Waals surface area contributed by atoms with Crippen LogP contribution < -0.4 is 0 Å². The SMILES string of the molecule is COC(=O)[C@]12CCC(C)(C)C(C#N)[C@H]1[C@H]1C(=O)C=C3[C@@]4(C)CC=C(OC(C)=O)C(C)(C)[C@@H]4CC[C@@]3(C)[C@]1(C)CC2. The van der Waals surface area contributed by atoms with Gasteiger partial charge in [0.1, 0.15) is 5.76 Å². The number of ether oxygens (including phenoxy) is 2. The van der Waals surface area contributed by atoms with E-state index in [0.717, 1.165) is 31.4 Å². The third kappa shape index (κ3) is 3.48. The maximum absolute atomic E-state index is 14.6. The normalized spacial score (nSPS) is 44.8. The zero-order valence-electron chi connectivity index (χ0n) is 25.9. The van der Waals surface area contributed by atoms with E-state index in [9.17, 15) is 19.6 Å². The summed E-state index contributed by atoms with van der Waals surface area (Å²) in [6.45, 7) is 16.9. The van der Waals surface area contributed by atoms with Gasteiger partial charge in [-0.3, -0.25) is 14.4 Å². The number of carbonyl (C=O) groups is 3. The van der Waals surface area contributed by atoms with Crippen molar-refractivity contribution in [2.45, 2.75) is 100 Å². The maximum Gasteiger partial charge on any atom is 0.312 e. The number of hydrogen-bond donors (Lipinski definition) is 0. The number of hydrogen-bond acceptors (Lipinski definition) is 6. The summed E-state index contributed by atoms with van der Waals surface area (Å²) in [6, 6.07) is 2.61. The second kappa shape index (κ2) is 8.79. The molecule has 3 saturated carbocycles. The van der Waals surface area contributed by atoms with Crippen LogP contribution in [0.1, 0.15) is 100 Å². The minimum absolute atomic E-state index is 0.0698.